The Hall–Kier alpha value is -0.0800. The first-order valence-corrected chi connectivity index (χ1v) is 9.39. The molecule has 2 heteroatoms. The third kappa shape index (κ3) is 1.91. The number of nitrogens with two attached hydrogens (primary N) is 1. The van der Waals surface area contributed by atoms with Gasteiger partial charge in [0.2, 0.25) is 0 Å². The van der Waals surface area contributed by atoms with Crippen LogP contribution in [-0.4, -0.2) is 17.3 Å². The lowest BCUT2D eigenvalue weighted by Gasteiger charge is -2.60. The zero-order chi connectivity index (χ0) is 14.8. The van der Waals surface area contributed by atoms with Crippen molar-refractivity contribution >= 4 is 0 Å². The molecular formula is C19H33NO. The minimum atomic E-state index is -0.0336. The number of rotatable bonds is 0. The Morgan fingerprint density at radius 2 is 1.57 bits per heavy atom. The fourth-order valence-electron chi connectivity index (χ4n) is 7.26. The Morgan fingerprint density at radius 1 is 0.857 bits per heavy atom. The van der Waals surface area contributed by atoms with Crippen LogP contribution in [0.15, 0.2) is 0 Å². The van der Waals surface area contributed by atoms with E-state index in [4.69, 9.17) is 5.73 Å². The second kappa shape index (κ2) is 4.71. The summed E-state index contributed by atoms with van der Waals surface area (Å²) in [5, 5.41) is 10.5. The van der Waals surface area contributed by atoms with Gasteiger partial charge in [0.1, 0.15) is 0 Å². The molecular weight excluding hydrogens is 258 g/mol. The number of aliphatic hydroxyl groups excluding tert-OH is 1. The van der Waals surface area contributed by atoms with Crippen LogP contribution in [0.3, 0.4) is 0 Å². The second-order valence-corrected chi connectivity index (χ2v) is 9.33. The fourth-order valence-corrected chi connectivity index (χ4v) is 7.26. The molecule has 0 saturated heterocycles. The minimum Gasteiger partial charge on any atom is -0.393 e. The Kier molecular flexibility index (Phi) is 3.25. The fraction of sp³-hybridized carbons (Fsp3) is 1.00. The van der Waals surface area contributed by atoms with Crippen molar-refractivity contribution in [3.8, 4) is 0 Å². The van der Waals surface area contributed by atoms with Crippen molar-refractivity contribution in [1.29, 1.82) is 0 Å². The van der Waals surface area contributed by atoms with E-state index in [1.807, 2.05) is 0 Å². The van der Waals surface area contributed by atoms with Gasteiger partial charge in [0.05, 0.1) is 6.10 Å². The van der Waals surface area contributed by atoms with Gasteiger partial charge in [-0.25, -0.2) is 0 Å². The Balaban J connectivity index is 1.62. The number of aliphatic hydroxyl groups is 1. The molecule has 3 N–H and O–H groups in total. The van der Waals surface area contributed by atoms with Gasteiger partial charge in [0.15, 0.2) is 0 Å². The molecule has 2 nitrogen and oxygen atoms in total. The van der Waals surface area contributed by atoms with Crippen LogP contribution in [0.5, 0.6) is 0 Å². The van der Waals surface area contributed by atoms with E-state index in [1.165, 1.54) is 51.4 Å². The minimum absolute atomic E-state index is 0.0336. The van der Waals surface area contributed by atoms with Gasteiger partial charge in [-0.1, -0.05) is 13.8 Å². The summed E-state index contributed by atoms with van der Waals surface area (Å²) in [4.78, 5) is 0. The summed E-state index contributed by atoms with van der Waals surface area (Å²) < 4.78 is 0. The zero-order valence-electron chi connectivity index (χ0n) is 13.9. The number of fused-ring (bicyclic) bond motifs is 5. The van der Waals surface area contributed by atoms with Gasteiger partial charge < -0.3 is 10.8 Å². The van der Waals surface area contributed by atoms with Gasteiger partial charge in [-0.05, 0) is 92.3 Å². The summed E-state index contributed by atoms with van der Waals surface area (Å²) >= 11 is 0. The summed E-state index contributed by atoms with van der Waals surface area (Å²) in [7, 11) is 0. The average Bonchev–Trinajstić information content (AvgIpc) is 2.76. The van der Waals surface area contributed by atoms with Crippen molar-refractivity contribution < 1.29 is 5.11 Å². The molecule has 0 spiro atoms. The van der Waals surface area contributed by atoms with Crippen LogP contribution in [0.2, 0.25) is 0 Å². The van der Waals surface area contributed by atoms with Crippen LogP contribution in [-0.2, 0) is 0 Å². The maximum absolute atomic E-state index is 10.5. The molecule has 4 fully saturated rings. The lowest BCUT2D eigenvalue weighted by atomic mass is 9.45. The van der Waals surface area contributed by atoms with Crippen LogP contribution in [0.4, 0.5) is 0 Å². The maximum Gasteiger partial charge on any atom is 0.0596 e. The van der Waals surface area contributed by atoms with Crippen LogP contribution < -0.4 is 5.73 Å². The topological polar surface area (TPSA) is 46.2 Å². The summed E-state index contributed by atoms with van der Waals surface area (Å²) in [6.45, 7) is 4.98. The largest absolute Gasteiger partial charge is 0.393 e. The van der Waals surface area contributed by atoms with E-state index >= 15 is 0 Å². The third-order valence-electron chi connectivity index (χ3n) is 8.66. The summed E-state index contributed by atoms with van der Waals surface area (Å²) in [5.74, 6) is 3.46. The Bertz CT molecular complexity index is 424. The quantitative estimate of drug-likeness (QED) is 0.714. The van der Waals surface area contributed by atoms with Gasteiger partial charge in [-0.3, -0.25) is 0 Å². The lowest BCUT2D eigenvalue weighted by molar-refractivity contribution is -0.122. The highest BCUT2D eigenvalue weighted by molar-refractivity contribution is 5.09. The van der Waals surface area contributed by atoms with Crippen molar-refractivity contribution in [3.05, 3.63) is 0 Å². The van der Waals surface area contributed by atoms with Crippen molar-refractivity contribution in [2.45, 2.75) is 83.8 Å². The van der Waals surface area contributed by atoms with Crippen molar-refractivity contribution in [2.24, 2.45) is 40.2 Å². The maximum atomic E-state index is 10.5. The third-order valence-corrected chi connectivity index (χ3v) is 8.66. The highest BCUT2D eigenvalue weighted by atomic mass is 16.3. The van der Waals surface area contributed by atoms with E-state index in [1.54, 1.807) is 0 Å². The van der Waals surface area contributed by atoms with Gasteiger partial charge in [0, 0.05) is 6.04 Å². The van der Waals surface area contributed by atoms with Gasteiger partial charge in [-0.15, -0.1) is 0 Å². The first-order valence-electron chi connectivity index (χ1n) is 9.39. The number of hydrogen-bond acceptors (Lipinski definition) is 2. The molecule has 4 aliphatic carbocycles. The first-order chi connectivity index (χ1) is 9.95. The molecule has 4 rings (SSSR count). The summed E-state index contributed by atoms with van der Waals surface area (Å²) in [6.07, 6.45) is 11.6. The Morgan fingerprint density at radius 3 is 2.38 bits per heavy atom. The van der Waals surface area contributed by atoms with Crippen molar-refractivity contribution in [2.75, 3.05) is 0 Å². The molecule has 2 unspecified atom stereocenters. The standard InChI is InChI=1S/C19H33NO/c1-18-9-7-13(20)11-12(18)3-4-14-15-5-6-17(21)19(15,2)10-8-16(14)18/h12-17,21H,3-11,20H2,1-2H3/t12-,13?,14-,15-,16-,17?,18-,19-/m0/s1. The van der Waals surface area contributed by atoms with Crippen molar-refractivity contribution in [3.63, 3.8) is 0 Å². The van der Waals surface area contributed by atoms with E-state index in [0.29, 0.717) is 11.5 Å². The predicted octanol–water partition coefficient (Wildman–Crippen LogP) is 3.72. The van der Waals surface area contributed by atoms with Gasteiger partial charge >= 0.3 is 0 Å². The molecule has 0 bridgehead atoms. The smallest absolute Gasteiger partial charge is 0.0596 e. The monoisotopic (exact) mass is 291 g/mol. The molecule has 0 aliphatic heterocycles. The zero-order valence-corrected chi connectivity index (χ0v) is 13.9. The molecule has 8 atom stereocenters. The van der Waals surface area contributed by atoms with Crippen LogP contribution in [0, 0.1) is 34.5 Å². The molecule has 21 heavy (non-hydrogen) atoms. The summed E-state index contributed by atoms with van der Waals surface area (Å²) in [6, 6.07) is 0.460. The number of hydrogen-bond donors (Lipinski definition) is 2. The van der Waals surface area contributed by atoms with Crippen LogP contribution in [0.1, 0.15) is 71.6 Å². The second-order valence-electron chi connectivity index (χ2n) is 9.33. The van der Waals surface area contributed by atoms with Gasteiger partial charge in [-0.2, -0.15) is 0 Å². The normalized spacial score (nSPS) is 60.0. The van der Waals surface area contributed by atoms with Crippen LogP contribution in [0.25, 0.3) is 0 Å². The molecule has 4 aliphatic rings. The van der Waals surface area contributed by atoms with Gasteiger partial charge in [0.25, 0.3) is 0 Å². The van der Waals surface area contributed by atoms with Crippen molar-refractivity contribution in [1.82, 2.24) is 0 Å². The molecule has 0 aromatic rings. The SMILES string of the molecule is C[C@]12CCC(N)C[C@@H]1CC[C@@H]1[C@@H]2CC[C@]2(C)C(O)CC[C@@H]12. The molecule has 0 aromatic heterocycles. The van der Waals surface area contributed by atoms with E-state index in [-0.39, 0.29) is 11.5 Å². The average molecular weight is 291 g/mol. The van der Waals surface area contributed by atoms with E-state index in [9.17, 15) is 5.11 Å². The van der Waals surface area contributed by atoms with E-state index < -0.39 is 0 Å². The molecule has 4 saturated carbocycles. The van der Waals surface area contributed by atoms with E-state index in [2.05, 4.69) is 13.8 Å². The molecule has 0 amide bonds. The highest BCUT2D eigenvalue weighted by Crippen LogP contribution is 2.66. The first kappa shape index (κ1) is 14.5. The molecule has 120 valence electrons. The predicted molar refractivity (Wildman–Crippen MR) is 85.7 cm³/mol. The summed E-state index contributed by atoms with van der Waals surface area (Å²) in [5.41, 5.74) is 7.04. The molecule has 0 heterocycles. The van der Waals surface area contributed by atoms with Crippen LogP contribution >= 0.6 is 0 Å². The Labute approximate surface area is 129 Å². The molecule has 0 radical (unpaired) electrons. The lowest BCUT2D eigenvalue weighted by Crippen LogP contribution is -2.55. The molecule has 0 aromatic carbocycles. The highest BCUT2D eigenvalue weighted by Gasteiger charge is 2.59. The van der Waals surface area contributed by atoms with E-state index in [0.717, 1.165) is 30.1 Å².